The summed E-state index contributed by atoms with van der Waals surface area (Å²) in [5.41, 5.74) is 0.661. The molecule has 0 aliphatic carbocycles. The Morgan fingerprint density at radius 1 is 1.22 bits per heavy atom. The lowest BCUT2D eigenvalue weighted by Crippen LogP contribution is -2.33. The topological polar surface area (TPSA) is 110 Å². The first-order valence-corrected chi connectivity index (χ1v) is 8.37. The van der Waals surface area contributed by atoms with E-state index in [0.29, 0.717) is 10.7 Å². The number of carbonyl (C=O) groups is 3. The number of carbonyl (C=O) groups excluding carboxylic acids is 3. The molecule has 0 bridgehead atoms. The number of halogens is 1. The lowest BCUT2D eigenvalue weighted by atomic mass is 10.1. The van der Waals surface area contributed by atoms with Crippen LogP contribution < -0.4 is 5.32 Å². The fraction of sp³-hybridized carbons (Fsp3) is 0.167. The monoisotopic (exact) mass is 387 g/mol. The van der Waals surface area contributed by atoms with Gasteiger partial charge in [0.15, 0.2) is 0 Å². The van der Waals surface area contributed by atoms with Crippen molar-refractivity contribution >= 4 is 40.7 Å². The molecule has 3 amide bonds. The molecule has 0 fully saturated rings. The van der Waals surface area contributed by atoms with Gasteiger partial charge in [-0.15, -0.1) is 0 Å². The van der Waals surface area contributed by atoms with Crippen LogP contribution in [0.1, 0.15) is 32.7 Å². The molecule has 1 heterocycles. The number of hydrogen-bond donors (Lipinski definition) is 1. The summed E-state index contributed by atoms with van der Waals surface area (Å²) in [5, 5.41) is 14.3. The molecule has 8 nitrogen and oxygen atoms in total. The van der Waals surface area contributed by atoms with Crippen molar-refractivity contribution in [3.05, 3.63) is 68.2 Å². The third-order valence-electron chi connectivity index (χ3n) is 4.20. The highest BCUT2D eigenvalue weighted by molar-refractivity contribution is 6.30. The molecular weight excluding hydrogens is 374 g/mol. The Morgan fingerprint density at radius 3 is 2.63 bits per heavy atom. The molecule has 0 aromatic heterocycles. The van der Waals surface area contributed by atoms with Crippen molar-refractivity contribution in [3.63, 3.8) is 0 Å². The highest BCUT2D eigenvalue weighted by Gasteiger charge is 2.40. The molecule has 1 aliphatic rings. The molecule has 0 saturated heterocycles. The number of nitrogens with one attached hydrogen (secondary N) is 1. The summed E-state index contributed by atoms with van der Waals surface area (Å²) in [6.45, 7) is 1.60. The number of fused-ring (bicyclic) bond motifs is 1. The molecule has 0 saturated carbocycles. The molecule has 0 atom stereocenters. The number of nitro benzene ring substituents is 1. The quantitative estimate of drug-likeness (QED) is 0.481. The Kier molecular flexibility index (Phi) is 4.91. The van der Waals surface area contributed by atoms with Crippen LogP contribution in [-0.2, 0) is 4.79 Å². The van der Waals surface area contributed by atoms with Crippen LogP contribution in [0.5, 0.6) is 0 Å². The van der Waals surface area contributed by atoms with E-state index in [-0.39, 0.29) is 24.1 Å². The predicted molar refractivity (Wildman–Crippen MR) is 97.9 cm³/mol. The van der Waals surface area contributed by atoms with Crippen molar-refractivity contribution in [2.24, 2.45) is 0 Å². The van der Waals surface area contributed by atoms with Crippen LogP contribution in [-0.4, -0.2) is 34.1 Å². The van der Waals surface area contributed by atoms with Crippen LogP contribution >= 0.6 is 11.6 Å². The standard InChI is InChI=1S/C18H14ClN3O5/c1-10-9-11(19)5-6-13(10)20-15(23)7-8-21-17(24)12-3-2-4-14(22(26)27)16(12)18(21)25/h2-6,9H,7-8H2,1H3,(H,20,23). The van der Waals surface area contributed by atoms with Gasteiger partial charge >= 0.3 is 0 Å². The van der Waals surface area contributed by atoms with E-state index in [1.165, 1.54) is 18.2 Å². The number of benzene rings is 2. The Labute approximate surface area is 158 Å². The van der Waals surface area contributed by atoms with Gasteiger partial charge in [-0.25, -0.2) is 0 Å². The van der Waals surface area contributed by atoms with Crippen LogP contribution in [0.15, 0.2) is 36.4 Å². The third-order valence-corrected chi connectivity index (χ3v) is 4.43. The number of anilines is 1. The molecule has 1 N–H and O–H groups in total. The number of aryl methyl sites for hydroxylation is 1. The first-order valence-electron chi connectivity index (χ1n) is 7.99. The van der Waals surface area contributed by atoms with Crippen LogP contribution in [0.3, 0.4) is 0 Å². The summed E-state index contributed by atoms with van der Waals surface area (Å²) in [7, 11) is 0. The molecule has 1 aliphatic heterocycles. The van der Waals surface area contributed by atoms with Crippen molar-refractivity contribution < 1.29 is 19.3 Å². The van der Waals surface area contributed by atoms with Gasteiger partial charge < -0.3 is 5.32 Å². The molecule has 2 aromatic carbocycles. The van der Waals surface area contributed by atoms with Crippen LogP contribution in [0.2, 0.25) is 5.02 Å². The Morgan fingerprint density at radius 2 is 1.96 bits per heavy atom. The molecule has 0 unspecified atom stereocenters. The number of hydrogen-bond acceptors (Lipinski definition) is 5. The van der Waals surface area contributed by atoms with Gasteiger partial charge in [0, 0.05) is 29.7 Å². The minimum Gasteiger partial charge on any atom is -0.326 e. The van der Waals surface area contributed by atoms with Gasteiger partial charge in [-0.05, 0) is 36.8 Å². The van der Waals surface area contributed by atoms with Gasteiger partial charge in [0.05, 0.1) is 10.5 Å². The van der Waals surface area contributed by atoms with E-state index < -0.39 is 28.3 Å². The fourth-order valence-corrected chi connectivity index (χ4v) is 3.09. The van der Waals surface area contributed by atoms with Gasteiger partial charge in [-0.3, -0.25) is 29.4 Å². The average Bonchev–Trinajstić information content (AvgIpc) is 2.86. The van der Waals surface area contributed by atoms with Gasteiger partial charge in [-0.2, -0.15) is 0 Å². The van der Waals surface area contributed by atoms with Gasteiger partial charge in [0.1, 0.15) is 5.56 Å². The first-order chi connectivity index (χ1) is 12.8. The summed E-state index contributed by atoms with van der Waals surface area (Å²) in [6, 6.07) is 8.86. The second-order valence-electron chi connectivity index (χ2n) is 5.98. The number of imide groups is 1. The van der Waals surface area contributed by atoms with Crippen molar-refractivity contribution in [3.8, 4) is 0 Å². The highest BCUT2D eigenvalue weighted by atomic mass is 35.5. The van der Waals surface area contributed by atoms with E-state index >= 15 is 0 Å². The van der Waals surface area contributed by atoms with Crippen LogP contribution in [0, 0.1) is 17.0 Å². The Balaban J connectivity index is 1.71. The number of nitro groups is 1. The maximum Gasteiger partial charge on any atom is 0.282 e. The van der Waals surface area contributed by atoms with Crippen LogP contribution in [0.25, 0.3) is 0 Å². The largest absolute Gasteiger partial charge is 0.326 e. The molecule has 0 spiro atoms. The second-order valence-corrected chi connectivity index (χ2v) is 6.41. The van der Waals surface area contributed by atoms with Crippen molar-refractivity contribution in [2.45, 2.75) is 13.3 Å². The summed E-state index contributed by atoms with van der Waals surface area (Å²) in [4.78, 5) is 48.2. The smallest absolute Gasteiger partial charge is 0.282 e. The lowest BCUT2D eigenvalue weighted by molar-refractivity contribution is -0.385. The fourth-order valence-electron chi connectivity index (χ4n) is 2.86. The first kappa shape index (κ1) is 18.5. The number of amides is 3. The van der Waals surface area contributed by atoms with E-state index in [1.807, 2.05) is 0 Å². The predicted octanol–water partition coefficient (Wildman–Crippen LogP) is 3.18. The van der Waals surface area contributed by atoms with E-state index in [9.17, 15) is 24.5 Å². The zero-order valence-electron chi connectivity index (χ0n) is 14.2. The zero-order valence-corrected chi connectivity index (χ0v) is 14.9. The maximum absolute atomic E-state index is 12.4. The average molecular weight is 388 g/mol. The summed E-state index contributed by atoms with van der Waals surface area (Å²) < 4.78 is 0. The van der Waals surface area contributed by atoms with Gasteiger partial charge in [0.25, 0.3) is 17.5 Å². The molecule has 2 aromatic rings. The highest BCUT2D eigenvalue weighted by Crippen LogP contribution is 2.30. The second kappa shape index (κ2) is 7.16. The summed E-state index contributed by atoms with van der Waals surface area (Å²) in [5.74, 6) is -1.81. The normalized spacial score (nSPS) is 12.9. The van der Waals surface area contributed by atoms with E-state index in [4.69, 9.17) is 11.6 Å². The zero-order chi connectivity index (χ0) is 19.7. The van der Waals surface area contributed by atoms with Gasteiger partial charge in [0.2, 0.25) is 5.91 Å². The van der Waals surface area contributed by atoms with E-state index in [1.54, 1.807) is 25.1 Å². The summed E-state index contributed by atoms with van der Waals surface area (Å²) in [6.07, 6.45) is -0.138. The molecule has 3 rings (SSSR count). The number of nitrogens with zero attached hydrogens (tertiary/aromatic N) is 2. The Bertz CT molecular complexity index is 989. The summed E-state index contributed by atoms with van der Waals surface area (Å²) >= 11 is 5.87. The molecule has 9 heteroatoms. The van der Waals surface area contributed by atoms with E-state index in [2.05, 4.69) is 5.32 Å². The SMILES string of the molecule is Cc1cc(Cl)ccc1NC(=O)CCN1C(=O)c2cccc([N+](=O)[O-])c2C1=O. The van der Waals surface area contributed by atoms with E-state index in [0.717, 1.165) is 10.5 Å². The number of rotatable bonds is 5. The lowest BCUT2D eigenvalue weighted by Gasteiger charge is -2.14. The van der Waals surface area contributed by atoms with Gasteiger partial charge in [-0.1, -0.05) is 17.7 Å². The molecular formula is C18H14ClN3O5. The minimum atomic E-state index is -0.766. The third kappa shape index (κ3) is 3.52. The minimum absolute atomic E-state index is 0.0249. The van der Waals surface area contributed by atoms with Crippen molar-refractivity contribution in [1.82, 2.24) is 4.90 Å². The molecule has 138 valence electrons. The van der Waals surface area contributed by atoms with Crippen molar-refractivity contribution in [2.75, 3.05) is 11.9 Å². The Hall–Kier alpha value is -3.26. The molecule has 0 radical (unpaired) electrons. The maximum atomic E-state index is 12.4. The molecule has 27 heavy (non-hydrogen) atoms. The van der Waals surface area contributed by atoms with Crippen molar-refractivity contribution in [1.29, 1.82) is 0 Å². The van der Waals surface area contributed by atoms with Crippen LogP contribution in [0.4, 0.5) is 11.4 Å².